The van der Waals surface area contributed by atoms with E-state index < -0.39 is 5.60 Å². The van der Waals surface area contributed by atoms with Crippen molar-refractivity contribution in [3.05, 3.63) is 29.8 Å². The van der Waals surface area contributed by atoms with Crippen molar-refractivity contribution in [1.29, 1.82) is 0 Å². The van der Waals surface area contributed by atoms with Gasteiger partial charge in [0, 0.05) is 5.69 Å². The zero-order valence-corrected chi connectivity index (χ0v) is 10.9. The second-order valence-electron chi connectivity index (χ2n) is 5.43. The first-order valence-electron chi connectivity index (χ1n) is 6.25. The fraction of sp³-hybridized carbons (Fsp3) is 0.500. The SMILES string of the molecule is CC(C)C1(O)CN(C(=O)Cc2cccc(N)c2)C1. The highest BCUT2D eigenvalue weighted by atomic mass is 16.3. The summed E-state index contributed by atoms with van der Waals surface area (Å²) in [6.45, 7) is 4.82. The summed E-state index contributed by atoms with van der Waals surface area (Å²) in [4.78, 5) is 13.7. The molecule has 1 aliphatic heterocycles. The summed E-state index contributed by atoms with van der Waals surface area (Å²) < 4.78 is 0. The van der Waals surface area contributed by atoms with E-state index >= 15 is 0 Å². The van der Waals surface area contributed by atoms with Gasteiger partial charge >= 0.3 is 0 Å². The highest BCUT2D eigenvalue weighted by Crippen LogP contribution is 2.29. The Bertz CT molecular complexity index is 451. The Labute approximate surface area is 107 Å². The van der Waals surface area contributed by atoms with Gasteiger partial charge in [-0.1, -0.05) is 26.0 Å². The average Bonchev–Trinajstić information content (AvgIpc) is 2.24. The topological polar surface area (TPSA) is 66.6 Å². The maximum absolute atomic E-state index is 12.0. The minimum atomic E-state index is -0.703. The Hall–Kier alpha value is -1.55. The van der Waals surface area contributed by atoms with Gasteiger partial charge in [0.25, 0.3) is 0 Å². The number of rotatable bonds is 3. The minimum Gasteiger partial charge on any atom is -0.399 e. The van der Waals surface area contributed by atoms with Crippen LogP contribution in [0.25, 0.3) is 0 Å². The number of hydrogen-bond donors (Lipinski definition) is 2. The second kappa shape index (κ2) is 4.61. The average molecular weight is 248 g/mol. The van der Waals surface area contributed by atoms with Gasteiger partial charge in [-0.05, 0) is 23.6 Å². The molecule has 3 N–H and O–H groups in total. The molecule has 1 aromatic carbocycles. The number of aliphatic hydroxyl groups is 1. The molecule has 4 nitrogen and oxygen atoms in total. The molecular weight excluding hydrogens is 228 g/mol. The molecule has 1 amide bonds. The Morgan fingerprint density at radius 1 is 1.50 bits per heavy atom. The van der Waals surface area contributed by atoms with Gasteiger partial charge in [0.15, 0.2) is 0 Å². The molecule has 18 heavy (non-hydrogen) atoms. The van der Waals surface area contributed by atoms with E-state index in [2.05, 4.69) is 0 Å². The molecule has 0 atom stereocenters. The molecular formula is C14H20N2O2. The lowest BCUT2D eigenvalue weighted by atomic mass is 9.83. The van der Waals surface area contributed by atoms with E-state index in [-0.39, 0.29) is 11.8 Å². The summed E-state index contributed by atoms with van der Waals surface area (Å²) in [5.74, 6) is 0.222. The van der Waals surface area contributed by atoms with Crippen molar-refractivity contribution in [2.24, 2.45) is 5.92 Å². The van der Waals surface area contributed by atoms with E-state index in [4.69, 9.17) is 5.73 Å². The van der Waals surface area contributed by atoms with Gasteiger partial charge in [-0.2, -0.15) is 0 Å². The molecule has 1 aliphatic rings. The number of carbonyl (C=O) groups excluding carboxylic acids is 1. The van der Waals surface area contributed by atoms with Gasteiger partial charge in [0.1, 0.15) is 5.60 Å². The Morgan fingerprint density at radius 3 is 2.72 bits per heavy atom. The highest BCUT2D eigenvalue weighted by Gasteiger charge is 2.45. The number of amides is 1. The summed E-state index contributed by atoms with van der Waals surface area (Å²) in [6, 6.07) is 7.35. The van der Waals surface area contributed by atoms with Crippen LogP contribution in [0.2, 0.25) is 0 Å². The molecule has 1 heterocycles. The molecule has 98 valence electrons. The number of likely N-dealkylation sites (tertiary alicyclic amines) is 1. The van der Waals surface area contributed by atoms with Gasteiger partial charge in [0.05, 0.1) is 19.5 Å². The van der Waals surface area contributed by atoms with E-state index in [1.807, 2.05) is 32.0 Å². The molecule has 1 aromatic rings. The van der Waals surface area contributed by atoms with E-state index in [1.54, 1.807) is 11.0 Å². The largest absolute Gasteiger partial charge is 0.399 e. The Balaban J connectivity index is 1.92. The van der Waals surface area contributed by atoms with Crippen molar-refractivity contribution in [3.8, 4) is 0 Å². The number of carbonyl (C=O) groups is 1. The Morgan fingerprint density at radius 2 is 2.17 bits per heavy atom. The predicted octanol–water partition coefficient (Wildman–Crippen LogP) is 1.04. The molecule has 0 radical (unpaired) electrons. The number of hydrogen-bond acceptors (Lipinski definition) is 3. The normalized spacial score (nSPS) is 17.7. The predicted molar refractivity (Wildman–Crippen MR) is 70.9 cm³/mol. The zero-order valence-electron chi connectivity index (χ0n) is 10.9. The molecule has 1 fully saturated rings. The third-order valence-corrected chi connectivity index (χ3v) is 3.66. The van der Waals surface area contributed by atoms with Gasteiger partial charge in [-0.3, -0.25) is 4.79 Å². The highest BCUT2D eigenvalue weighted by molar-refractivity contribution is 5.80. The molecule has 0 aromatic heterocycles. The lowest BCUT2D eigenvalue weighted by Crippen LogP contribution is -2.66. The first kappa shape index (κ1) is 12.9. The van der Waals surface area contributed by atoms with Gasteiger partial charge in [-0.15, -0.1) is 0 Å². The molecule has 0 spiro atoms. The third-order valence-electron chi connectivity index (χ3n) is 3.66. The fourth-order valence-corrected chi connectivity index (χ4v) is 2.15. The molecule has 0 unspecified atom stereocenters. The van der Waals surface area contributed by atoms with Crippen LogP contribution >= 0.6 is 0 Å². The number of β-amino-alcohol motifs (C(OH)–C–C–N with tert-alkyl or cyclic N) is 1. The van der Waals surface area contributed by atoms with E-state index in [1.165, 1.54) is 0 Å². The van der Waals surface area contributed by atoms with Crippen molar-refractivity contribution in [2.75, 3.05) is 18.8 Å². The van der Waals surface area contributed by atoms with Crippen LogP contribution in [-0.4, -0.2) is 34.6 Å². The van der Waals surface area contributed by atoms with Crippen LogP contribution in [0, 0.1) is 5.92 Å². The molecule has 0 aliphatic carbocycles. The van der Waals surface area contributed by atoms with Crippen molar-refractivity contribution >= 4 is 11.6 Å². The maximum Gasteiger partial charge on any atom is 0.227 e. The number of nitrogen functional groups attached to an aromatic ring is 1. The maximum atomic E-state index is 12.0. The van der Waals surface area contributed by atoms with Crippen LogP contribution in [0.3, 0.4) is 0 Å². The molecule has 0 saturated carbocycles. The number of nitrogens with two attached hydrogens (primary N) is 1. The van der Waals surface area contributed by atoms with Crippen LogP contribution < -0.4 is 5.73 Å². The van der Waals surface area contributed by atoms with Crippen molar-refractivity contribution in [1.82, 2.24) is 4.90 Å². The summed E-state index contributed by atoms with van der Waals surface area (Å²) in [5.41, 5.74) is 6.56. The van der Waals surface area contributed by atoms with Crippen molar-refractivity contribution in [2.45, 2.75) is 25.9 Å². The molecule has 2 rings (SSSR count). The first-order valence-corrected chi connectivity index (χ1v) is 6.25. The van der Waals surface area contributed by atoms with Crippen molar-refractivity contribution in [3.63, 3.8) is 0 Å². The summed E-state index contributed by atoms with van der Waals surface area (Å²) >= 11 is 0. The second-order valence-corrected chi connectivity index (χ2v) is 5.43. The minimum absolute atomic E-state index is 0.0472. The molecule has 0 bridgehead atoms. The monoisotopic (exact) mass is 248 g/mol. The van der Waals surface area contributed by atoms with E-state index in [0.717, 1.165) is 5.56 Å². The van der Waals surface area contributed by atoms with E-state index in [0.29, 0.717) is 25.2 Å². The van der Waals surface area contributed by atoms with Gasteiger partial charge in [-0.25, -0.2) is 0 Å². The fourth-order valence-electron chi connectivity index (χ4n) is 2.15. The lowest BCUT2D eigenvalue weighted by molar-refractivity contribution is -0.163. The van der Waals surface area contributed by atoms with Crippen LogP contribution in [0.15, 0.2) is 24.3 Å². The first-order chi connectivity index (χ1) is 8.40. The summed E-state index contributed by atoms with van der Waals surface area (Å²) in [6.07, 6.45) is 0.346. The number of anilines is 1. The van der Waals surface area contributed by atoms with E-state index in [9.17, 15) is 9.90 Å². The number of benzene rings is 1. The lowest BCUT2D eigenvalue weighted by Gasteiger charge is -2.49. The van der Waals surface area contributed by atoms with Crippen LogP contribution in [0.1, 0.15) is 19.4 Å². The van der Waals surface area contributed by atoms with Gasteiger partial charge in [0.2, 0.25) is 5.91 Å². The number of nitrogens with zero attached hydrogens (tertiary/aromatic N) is 1. The van der Waals surface area contributed by atoms with Crippen LogP contribution in [-0.2, 0) is 11.2 Å². The van der Waals surface area contributed by atoms with Gasteiger partial charge < -0.3 is 15.7 Å². The zero-order chi connectivity index (χ0) is 13.3. The summed E-state index contributed by atoms with van der Waals surface area (Å²) in [5, 5.41) is 10.1. The molecule has 4 heteroatoms. The summed E-state index contributed by atoms with van der Waals surface area (Å²) in [7, 11) is 0. The third kappa shape index (κ3) is 2.48. The Kier molecular flexibility index (Phi) is 3.30. The standard InChI is InChI=1S/C14H20N2O2/c1-10(2)14(18)8-16(9-14)13(17)7-11-4-3-5-12(15)6-11/h3-6,10,18H,7-9,15H2,1-2H3. The van der Waals surface area contributed by atoms with Crippen LogP contribution in [0.4, 0.5) is 5.69 Å². The van der Waals surface area contributed by atoms with Crippen LogP contribution in [0.5, 0.6) is 0 Å². The quantitative estimate of drug-likeness (QED) is 0.785. The van der Waals surface area contributed by atoms with Crippen molar-refractivity contribution < 1.29 is 9.90 Å². The molecule has 1 saturated heterocycles. The smallest absolute Gasteiger partial charge is 0.227 e.